The molecule has 2 unspecified atom stereocenters. The van der Waals surface area contributed by atoms with Crippen molar-refractivity contribution in [2.24, 2.45) is 11.7 Å². The number of hydrogen-bond acceptors (Lipinski definition) is 3. The zero-order valence-corrected chi connectivity index (χ0v) is 14.8. The molecule has 1 amide bonds. The summed E-state index contributed by atoms with van der Waals surface area (Å²) in [6, 6.07) is 5.36. The summed E-state index contributed by atoms with van der Waals surface area (Å²) in [6.07, 6.45) is 2.22. The van der Waals surface area contributed by atoms with E-state index in [1.807, 2.05) is 6.92 Å². The van der Waals surface area contributed by atoms with E-state index in [4.69, 9.17) is 28.9 Å². The van der Waals surface area contributed by atoms with Crippen LogP contribution >= 0.6 is 35.6 Å². The summed E-state index contributed by atoms with van der Waals surface area (Å²) in [5.41, 5.74) is 6.51. The van der Waals surface area contributed by atoms with Crippen LogP contribution in [0.3, 0.4) is 0 Å². The molecule has 0 aromatic heterocycles. The number of carbonyl (C=O) groups excluding carboxylic acids is 1. The van der Waals surface area contributed by atoms with E-state index in [0.29, 0.717) is 28.2 Å². The Morgan fingerprint density at radius 2 is 2.23 bits per heavy atom. The lowest BCUT2D eigenvalue weighted by Crippen LogP contribution is -2.45. The number of piperidine rings is 1. The monoisotopic (exact) mass is 365 g/mol. The Morgan fingerprint density at radius 3 is 2.91 bits per heavy atom. The van der Waals surface area contributed by atoms with Crippen LogP contribution in [0.15, 0.2) is 18.2 Å². The molecule has 2 rings (SSSR count). The SMILES string of the molecule is CC(N)C1CCCN(CC(=O)Nc2cccc(Cl)c2Cl)C1.Cl. The molecule has 3 N–H and O–H groups in total. The number of amides is 1. The topological polar surface area (TPSA) is 58.4 Å². The molecule has 1 aromatic rings. The maximum Gasteiger partial charge on any atom is 0.238 e. The van der Waals surface area contributed by atoms with Crippen molar-refractivity contribution in [2.45, 2.75) is 25.8 Å². The standard InChI is InChI=1S/C15H21Cl2N3O.ClH/c1-10(18)11-4-3-7-20(8-11)9-14(21)19-13-6-2-5-12(16)15(13)17;/h2,5-6,10-11H,3-4,7-9,18H2,1H3,(H,19,21);1H. The van der Waals surface area contributed by atoms with Gasteiger partial charge in [-0.3, -0.25) is 9.69 Å². The Balaban J connectivity index is 0.00000242. The maximum atomic E-state index is 12.1. The van der Waals surface area contributed by atoms with Gasteiger partial charge < -0.3 is 11.1 Å². The minimum absolute atomic E-state index is 0. The number of nitrogens with two attached hydrogens (primary N) is 1. The van der Waals surface area contributed by atoms with Crippen molar-refractivity contribution in [3.05, 3.63) is 28.2 Å². The number of halogens is 3. The van der Waals surface area contributed by atoms with E-state index in [1.54, 1.807) is 18.2 Å². The van der Waals surface area contributed by atoms with E-state index in [-0.39, 0.29) is 24.4 Å². The van der Waals surface area contributed by atoms with Crippen LogP contribution in [0.5, 0.6) is 0 Å². The summed E-state index contributed by atoms with van der Waals surface area (Å²) in [5, 5.41) is 3.62. The Labute approximate surface area is 147 Å². The molecule has 0 radical (unpaired) electrons. The van der Waals surface area contributed by atoms with Gasteiger partial charge in [0.2, 0.25) is 5.91 Å². The Hall–Kier alpha value is -0.520. The van der Waals surface area contributed by atoms with Crippen molar-refractivity contribution in [2.75, 3.05) is 25.0 Å². The van der Waals surface area contributed by atoms with Gasteiger partial charge in [-0.1, -0.05) is 29.3 Å². The first-order valence-corrected chi connectivity index (χ1v) is 7.94. The van der Waals surface area contributed by atoms with E-state index in [2.05, 4.69) is 10.2 Å². The third kappa shape index (κ3) is 5.28. The fourth-order valence-corrected chi connectivity index (χ4v) is 3.01. The van der Waals surface area contributed by atoms with Crippen LogP contribution < -0.4 is 11.1 Å². The molecule has 1 fully saturated rings. The largest absolute Gasteiger partial charge is 0.328 e. The molecule has 0 bridgehead atoms. The molecule has 7 heteroatoms. The number of hydrogen-bond donors (Lipinski definition) is 2. The van der Waals surface area contributed by atoms with Gasteiger partial charge in [0.1, 0.15) is 0 Å². The zero-order chi connectivity index (χ0) is 15.4. The summed E-state index contributed by atoms with van der Waals surface area (Å²) < 4.78 is 0. The number of likely N-dealkylation sites (tertiary alicyclic amines) is 1. The Kier molecular flexibility index (Phi) is 7.94. The van der Waals surface area contributed by atoms with Crippen LogP contribution in [0.25, 0.3) is 0 Å². The lowest BCUT2D eigenvalue weighted by Gasteiger charge is -2.34. The molecule has 1 heterocycles. The first-order valence-electron chi connectivity index (χ1n) is 7.19. The van der Waals surface area contributed by atoms with Crippen LogP contribution in [0.4, 0.5) is 5.69 Å². The Bertz CT molecular complexity index is 511. The molecule has 0 spiro atoms. The molecule has 1 aliphatic heterocycles. The molecular formula is C15H22Cl3N3O. The number of nitrogens with one attached hydrogen (secondary N) is 1. The number of nitrogens with zero attached hydrogens (tertiary/aromatic N) is 1. The van der Waals surface area contributed by atoms with Crippen molar-refractivity contribution in [3.8, 4) is 0 Å². The van der Waals surface area contributed by atoms with Crippen LogP contribution in [0.1, 0.15) is 19.8 Å². The first-order chi connectivity index (χ1) is 9.97. The molecule has 4 nitrogen and oxygen atoms in total. The molecule has 2 atom stereocenters. The maximum absolute atomic E-state index is 12.1. The quantitative estimate of drug-likeness (QED) is 0.858. The fourth-order valence-electron chi connectivity index (χ4n) is 2.66. The van der Waals surface area contributed by atoms with E-state index in [1.165, 1.54) is 0 Å². The minimum atomic E-state index is -0.0792. The van der Waals surface area contributed by atoms with Gasteiger partial charge in [-0.2, -0.15) is 0 Å². The van der Waals surface area contributed by atoms with Gasteiger partial charge in [0.05, 0.1) is 22.3 Å². The number of anilines is 1. The number of rotatable bonds is 4. The molecule has 0 aliphatic carbocycles. The highest BCUT2D eigenvalue weighted by molar-refractivity contribution is 6.43. The molecule has 1 aromatic carbocycles. The van der Waals surface area contributed by atoms with E-state index >= 15 is 0 Å². The predicted molar refractivity (Wildman–Crippen MR) is 95.2 cm³/mol. The van der Waals surface area contributed by atoms with Crippen molar-refractivity contribution in [1.29, 1.82) is 0 Å². The molecule has 1 saturated heterocycles. The normalized spacial score (nSPS) is 20.1. The van der Waals surface area contributed by atoms with Gasteiger partial charge in [0, 0.05) is 12.6 Å². The number of carbonyl (C=O) groups is 1. The van der Waals surface area contributed by atoms with Gasteiger partial charge in [-0.05, 0) is 44.4 Å². The van der Waals surface area contributed by atoms with E-state index < -0.39 is 0 Å². The van der Waals surface area contributed by atoms with Gasteiger partial charge >= 0.3 is 0 Å². The molecule has 1 aliphatic rings. The Morgan fingerprint density at radius 1 is 1.50 bits per heavy atom. The molecular weight excluding hydrogens is 345 g/mol. The minimum Gasteiger partial charge on any atom is -0.328 e. The van der Waals surface area contributed by atoms with Crippen molar-refractivity contribution >= 4 is 47.2 Å². The highest BCUT2D eigenvalue weighted by atomic mass is 35.5. The summed E-state index contributed by atoms with van der Waals surface area (Å²) in [4.78, 5) is 14.3. The van der Waals surface area contributed by atoms with Crippen molar-refractivity contribution < 1.29 is 4.79 Å². The highest BCUT2D eigenvalue weighted by Gasteiger charge is 2.24. The van der Waals surface area contributed by atoms with E-state index in [9.17, 15) is 4.79 Å². The molecule has 124 valence electrons. The van der Waals surface area contributed by atoms with Gasteiger partial charge in [0.25, 0.3) is 0 Å². The second kappa shape index (κ2) is 8.94. The zero-order valence-electron chi connectivity index (χ0n) is 12.5. The average Bonchev–Trinajstić information content (AvgIpc) is 2.44. The van der Waals surface area contributed by atoms with Crippen LogP contribution in [0, 0.1) is 5.92 Å². The average molecular weight is 367 g/mol. The van der Waals surface area contributed by atoms with Crippen molar-refractivity contribution in [3.63, 3.8) is 0 Å². The van der Waals surface area contributed by atoms with Crippen LogP contribution in [-0.4, -0.2) is 36.5 Å². The number of benzene rings is 1. The third-order valence-electron chi connectivity index (χ3n) is 3.88. The highest BCUT2D eigenvalue weighted by Crippen LogP contribution is 2.29. The predicted octanol–water partition coefficient (Wildman–Crippen LogP) is 3.41. The van der Waals surface area contributed by atoms with Crippen LogP contribution in [0.2, 0.25) is 10.0 Å². The smallest absolute Gasteiger partial charge is 0.238 e. The second-order valence-corrected chi connectivity index (χ2v) is 6.43. The molecule has 0 saturated carbocycles. The summed E-state index contributed by atoms with van der Waals surface area (Å²) >= 11 is 12.0. The second-order valence-electron chi connectivity index (χ2n) is 5.65. The fraction of sp³-hybridized carbons (Fsp3) is 0.533. The third-order valence-corrected chi connectivity index (χ3v) is 4.70. The summed E-state index contributed by atoms with van der Waals surface area (Å²) in [5.74, 6) is 0.380. The van der Waals surface area contributed by atoms with Crippen molar-refractivity contribution in [1.82, 2.24) is 4.90 Å². The van der Waals surface area contributed by atoms with Gasteiger partial charge in [0.15, 0.2) is 0 Å². The lowest BCUT2D eigenvalue weighted by molar-refractivity contribution is -0.117. The molecule has 22 heavy (non-hydrogen) atoms. The summed E-state index contributed by atoms with van der Waals surface area (Å²) in [7, 11) is 0. The van der Waals surface area contributed by atoms with E-state index in [0.717, 1.165) is 25.9 Å². The summed E-state index contributed by atoms with van der Waals surface area (Å²) in [6.45, 7) is 4.18. The van der Waals surface area contributed by atoms with Gasteiger partial charge in [-0.25, -0.2) is 0 Å². The van der Waals surface area contributed by atoms with Gasteiger partial charge in [-0.15, -0.1) is 12.4 Å². The lowest BCUT2D eigenvalue weighted by atomic mass is 9.92. The van der Waals surface area contributed by atoms with Crippen LogP contribution in [-0.2, 0) is 4.79 Å². The first kappa shape index (κ1) is 19.5.